The van der Waals surface area contributed by atoms with Gasteiger partial charge in [0.1, 0.15) is 5.57 Å². The number of nitrogens with zero attached hydrogens (tertiary/aromatic N) is 1. The summed E-state index contributed by atoms with van der Waals surface area (Å²) < 4.78 is 16.7. The Morgan fingerprint density at radius 3 is 2.47 bits per heavy atom. The lowest BCUT2D eigenvalue weighted by atomic mass is 10.1. The summed E-state index contributed by atoms with van der Waals surface area (Å²) in [5.74, 6) is -1.45. The number of urea groups is 1. The molecule has 0 unspecified atom stereocenters. The van der Waals surface area contributed by atoms with Crippen LogP contribution in [0.4, 0.5) is 10.5 Å². The number of hydrogen-bond acceptors (Lipinski definition) is 7. The molecule has 178 valence electrons. The van der Waals surface area contributed by atoms with E-state index in [0.29, 0.717) is 29.4 Å². The Labute approximate surface area is 204 Å². The summed E-state index contributed by atoms with van der Waals surface area (Å²) in [5, 5.41) is 2.20. The number of carbonyl (C=O) groups excluding carboxylic acids is 4. The lowest BCUT2D eigenvalue weighted by Gasteiger charge is -2.26. The zero-order valence-corrected chi connectivity index (χ0v) is 20.4. The van der Waals surface area contributed by atoms with Crippen LogP contribution in [-0.2, 0) is 19.1 Å². The Balaban J connectivity index is 1.91. The molecule has 1 saturated heterocycles. The highest BCUT2D eigenvalue weighted by molar-refractivity contribution is 9.10. The molecular weight excluding hydrogens is 508 g/mol. The Kier molecular flexibility index (Phi) is 8.06. The molecule has 0 saturated carbocycles. The summed E-state index contributed by atoms with van der Waals surface area (Å²) in [6.45, 7) is 5.56. The Morgan fingerprint density at radius 2 is 1.79 bits per heavy atom. The van der Waals surface area contributed by atoms with E-state index in [-0.39, 0.29) is 18.8 Å². The number of amides is 4. The first-order chi connectivity index (χ1) is 16.2. The van der Waals surface area contributed by atoms with Gasteiger partial charge in [0.15, 0.2) is 18.1 Å². The van der Waals surface area contributed by atoms with E-state index in [1.807, 2.05) is 6.92 Å². The molecule has 1 aliphatic heterocycles. The second kappa shape index (κ2) is 11.0. The van der Waals surface area contributed by atoms with Crippen molar-refractivity contribution in [2.75, 3.05) is 24.7 Å². The van der Waals surface area contributed by atoms with Crippen LogP contribution in [0.1, 0.15) is 25.0 Å². The quantitative estimate of drug-likeness (QED) is 0.314. The van der Waals surface area contributed by atoms with E-state index in [9.17, 15) is 19.2 Å². The molecular formula is C24H23BrN2O7. The van der Waals surface area contributed by atoms with E-state index in [1.54, 1.807) is 50.2 Å². The molecule has 0 bridgehead atoms. The number of rotatable bonds is 8. The number of barbiturate groups is 1. The Bertz CT molecular complexity index is 1180. The van der Waals surface area contributed by atoms with Crippen LogP contribution < -0.4 is 19.7 Å². The number of benzene rings is 2. The average Bonchev–Trinajstić information content (AvgIpc) is 2.78. The maximum Gasteiger partial charge on any atom is 0.344 e. The monoisotopic (exact) mass is 530 g/mol. The molecule has 0 radical (unpaired) electrons. The van der Waals surface area contributed by atoms with Gasteiger partial charge < -0.3 is 14.2 Å². The van der Waals surface area contributed by atoms with Crippen LogP contribution in [0.25, 0.3) is 6.08 Å². The van der Waals surface area contributed by atoms with Crippen molar-refractivity contribution in [3.8, 4) is 11.5 Å². The summed E-state index contributed by atoms with van der Waals surface area (Å²) in [7, 11) is 0. The lowest BCUT2D eigenvalue weighted by molar-refractivity contribution is -0.145. The predicted octanol–water partition coefficient (Wildman–Crippen LogP) is 3.76. The third-order valence-electron chi connectivity index (χ3n) is 4.73. The molecule has 2 aromatic carbocycles. The summed E-state index contributed by atoms with van der Waals surface area (Å²) in [6.07, 6.45) is 1.36. The fourth-order valence-corrected chi connectivity index (χ4v) is 3.41. The number of aryl methyl sites for hydroxylation is 1. The van der Waals surface area contributed by atoms with Gasteiger partial charge in [0, 0.05) is 4.47 Å². The molecule has 1 aliphatic rings. The van der Waals surface area contributed by atoms with Crippen molar-refractivity contribution >= 4 is 51.5 Å². The molecule has 0 aliphatic carbocycles. The number of esters is 1. The van der Waals surface area contributed by atoms with Crippen molar-refractivity contribution in [2.45, 2.75) is 20.8 Å². The maximum absolute atomic E-state index is 13.1. The largest absolute Gasteiger partial charge is 0.490 e. The van der Waals surface area contributed by atoms with Crippen molar-refractivity contribution in [3.05, 3.63) is 57.6 Å². The SMILES string of the molecule is CCOC(=O)COc1ccc(/C=C2\C(=O)NC(=O)N(c3ccc(Br)c(C)c3)C2=O)cc1OCC. The van der Waals surface area contributed by atoms with E-state index in [2.05, 4.69) is 21.2 Å². The van der Waals surface area contributed by atoms with E-state index in [1.165, 1.54) is 6.08 Å². The Morgan fingerprint density at radius 1 is 1.03 bits per heavy atom. The van der Waals surface area contributed by atoms with Gasteiger partial charge in [-0.2, -0.15) is 0 Å². The molecule has 1 heterocycles. The smallest absolute Gasteiger partial charge is 0.344 e. The van der Waals surface area contributed by atoms with Gasteiger partial charge in [0.05, 0.1) is 18.9 Å². The summed E-state index contributed by atoms with van der Waals surface area (Å²) in [5.41, 5.74) is 1.40. The third kappa shape index (κ3) is 5.63. The molecule has 10 heteroatoms. The van der Waals surface area contributed by atoms with E-state index < -0.39 is 23.8 Å². The zero-order chi connectivity index (χ0) is 24.8. The van der Waals surface area contributed by atoms with Crippen molar-refractivity contribution < 1.29 is 33.4 Å². The van der Waals surface area contributed by atoms with Gasteiger partial charge in [-0.15, -0.1) is 0 Å². The standard InChI is InChI=1S/C24H23BrN2O7/c1-4-32-20-12-15(6-9-19(20)34-13-21(28)33-5-2)11-17-22(29)26-24(31)27(23(17)30)16-7-8-18(25)14(3)10-16/h6-12H,4-5,13H2,1-3H3,(H,26,29,31)/b17-11+. The number of carbonyl (C=O) groups is 4. The first-order valence-corrected chi connectivity index (χ1v) is 11.3. The molecule has 3 rings (SSSR count). The van der Waals surface area contributed by atoms with Crippen molar-refractivity contribution in [2.24, 2.45) is 0 Å². The summed E-state index contributed by atoms with van der Waals surface area (Å²) in [6, 6.07) is 8.88. The molecule has 2 aromatic rings. The number of nitrogens with one attached hydrogen (secondary N) is 1. The van der Waals surface area contributed by atoms with Crippen LogP contribution in [0.5, 0.6) is 11.5 Å². The second-order valence-electron chi connectivity index (χ2n) is 7.12. The number of hydrogen-bond donors (Lipinski definition) is 1. The fourth-order valence-electron chi connectivity index (χ4n) is 3.17. The molecule has 1 fully saturated rings. The second-order valence-corrected chi connectivity index (χ2v) is 7.98. The molecule has 0 atom stereocenters. The normalized spacial score (nSPS) is 14.8. The number of halogens is 1. The summed E-state index contributed by atoms with van der Waals surface area (Å²) in [4.78, 5) is 50.5. The van der Waals surface area contributed by atoms with E-state index >= 15 is 0 Å². The van der Waals surface area contributed by atoms with E-state index in [0.717, 1.165) is 14.9 Å². The first-order valence-electron chi connectivity index (χ1n) is 10.5. The predicted molar refractivity (Wildman–Crippen MR) is 128 cm³/mol. The minimum atomic E-state index is -0.827. The Hall–Kier alpha value is -3.66. The molecule has 9 nitrogen and oxygen atoms in total. The molecule has 34 heavy (non-hydrogen) atoms. The molecule has 0 spiro atoms. The van der Waals surface area contributed by atoms with Crippen molar-refractivity contribution in [3.63, 3.8) is 0 Å². The van der Waals surface area contributed by atoms with Gasteiger partial charge in [0.25, 0.3) is 11.8 Å². The topological polar surface area (TPSA) is 111 Å². The number of ether oxygens (including phenoxy) is 3. The van der Waals surface area contributed by atoms with Crippen molar-refractivity contribution in [1.29, 1.82) is 0 Å². The molecule has 1 N–H and O–H groups in total. The molecule has 0 aromatic heterocycles. The fraction of sp³-hybridized carbons (Fsp3) is 0.250. The van der Waals surface area contributed by atoms with Crippen LogP contribution >= 0.6 is 15.9 Å². The van der Waals surface area contributed by atoms with Gasteiger partial charge in [-0.1, -0.05) is 22.0 Å². The highest BCUT2D eigenvalue weighted by Gasteiger charge is 2.37. The highest BCUT2D eigenvalue weighted by Crippen LogP contribution is 2.31. The maximum atomic E-state index is 13.1. The first kappa shape index (κ1) is 25.0. The minimum absolute atomic E-state index is 0.220. The summed E-state index contributed by atoms with van der Waals surface area (Å²) >= 11 is 3.38. The number of imide groups is 2. The highest BCUT2D eigenvalue weighted by atomic mass is 79.9. The van der Waals surface area contributed by atoms with Crippen LogP contribution in [0.3, 0.4) is 0 Å². The molecule has 4 amide bonds. The zero-order valence-electron chi connectivity index (χ0n) is 18.8. The van der Waals surface area contributed by atoms with Gasteiger partial charge in [-0.3, -0.25) is 14.9 Å². The minimum Gasteiger partial charge on any atom is -0.490 e. The van der Waals surface area contributed by atoms with Gasteiger partial charge in [0.2, 0.25) is 0 Å². The average molecular weight is 531 g/mol. The van der Waals surface area contributed by atoms with Gasteiger partial charge in [-0.05, 0) is 68.3 Å². The van der Waals surface area contributed by atoms with Crippen LogP contribution in [0, 0.1) is 6.92 Å². The lowest BCUT2D eigenvalue weighted by Crippen LogP contribution is -2.54. The van der Waals surface area contributed by atoms with Crippen LogP contribution in [-0.4, -0.2) is 43.6 Å². The van der Waals surface area contributed by atoms with Crippen LogP contribution in [0.15, 0.2) is 46.4 Å². The van der Waals surface area contributed by atoms with E-state index in [4.69, 9.17) is 14.2 Å². The van der Waals surface area contributed by atoms with Gasteiger partial charge in [-0.25, -0.2) is 14.5 Å². The van der Waals surface area contributed by atoms with Gasteiger partial charge >= 0.3 is 12.0 Å². The number of anilines is 1. The van der Waals surface area contributed by atoms with Crippen LogP contribution in [0.2, 0.25) is 0 Å². The van der Waals surface area contributed by atoms with Crippen molar-refractivity contribution in [1.82, 2.24) is 5.32 Å². The third-order valence-corrected chi connectivity index (χ3v) is 5.62.